The lowest BCUT2D eigenvalue weighted by Crippen LogP contribution is -2.41. The highest BCUT2D eigenvalue weighted by molar-refractivity contribution is 7.89. The topological polar surface area (TPSA) is 106 Å². The molecular formula is C20H22FN3O5S. The van der Waals surface area contributed by atoms with Gasteiger partial charge in [-0.3, -0.25) is 14.6 Å². The van der Waals surface area contributed by atoms with Crippen LogP contribution in [0.5, 0.6) is 0 Å². The molecule has 0 bridgehead atoms. The van der Waals surface area contributed by atoms with Crippen LogP contribution in [0.15, 0.2) is 53.7 Å². The first kappa shape index (κ1) is 21.8. The van der Waals surface area contributed by atoms with Crippen molar-refractivity contribution in [2.75, 3.05) is 19.7 Å². The van der Waals surface area contributed by atoms with Gasteiger partial charge in [0.1, 0.15) is 10.7 Å². The summed E-state index contributed by atoms with van der Waals surface area (Å²) in [4.78, 5) is 28.0. The molecule has 0 radical (unpaired) electrons. The van der Waals surface area contributed by atoms with Crippen LogP contribution in [0.2, 0.25) is 0 Å². The summed E-state index contributed by atoms with van der Waals surface area (Å²) in [6.45, 7) is -0.123. The van der Waals surface area contributed by atoms with Gasteiger partial charge < -0.3 is 10.1 Å². The minimum Gasteiger partial charge on any atom is -0.455 e. The molecule has 1 fully saturated rings. The molecule has 3 rings (SSSR count). The Balaban J connectivity index is 1.43. The summed E-state index contributed by atoms with van der Waals surface area (Å²) in [5, 5.41) is 2.49. The van der Waals surface area contributed by atoms with Gasteiger partial charge in [-0.15, -0.1) is 0 Å². The lowest BCUT2D eigenvalue weighted by molar-refractivity contribution is -0.153. The zero-order valence-electron chi connectivity index (χ0n) is 16.2. The molecule has 1 aliphatic heterocycles. The average molecular weight is 435 g/mol. The minimum atomic E-state index is -3.65. The lowest BCUT2D eigenvalue weighted by Gasteiger charge is -2.29. The summed E-state index contributed by atoms with van der Waals surface area (Å²) < 4.78 is 45.1. The van der Waals surface area contributed by atoms with Crippen LogP contribution in [0.1, 0.15) is 18.4 Å². The number of aromatic nitrogens is 1. The Morgan fingerprint density at radius 1 is 1.17 bits per heavy atom. The third-order valence-electron chi connectivity index (χ3n) is 4.84. The van der Waals surface area contributed by atoms with Gasteiger partial charge in [-0.25, -0.2) is 12.8 Å². The summed E-state index contributed by atoms with van der Waals surface area (Å²) in [6.07, 6.45) is 3.38. The van der Waals surface area contributed by atoms with Crippen molar-refractivity contribution in [1.29, 1.82) is 0 Å². The Kier molecular flexibility index (Phi) is 7.11. The largest absolute Gasteiger partial charge is 0.455 e. The van der Waals surface area contributed by atoms with Crippen LogP contribution in [-0.2, 0) is 30.9 Å². The van der Waals surface area contributed by atoms with Gasteiger partial charge in [0.25, 0.3) is 5.91 Å². The van der Waals surface area contributed by atoms with Crippen LogP contribution < -0.4 is 5.32 Å². The number of nitrogens with zero attached hydrogens (tertiary/aromatic N) is 2. The second kappa shape index (κ2) is 9.77. The first-order valence-electron chi connectivity index (χ1n) is 9.45. The SMILES string of the molecule is O=C(COC(=O)C1CCN(S(=O)(=O)c2cccnc2)CC1)NCc1ccccc1F. The molecule has 1 saturated heterocycles. The Hall–Kier alpha value is -2.85. The molecule has 0 unspecified atom stereocenters. The lowest BCUT2D eigenvalue weighted by atomic mass is 9.98. The number of carbonyl (C=O) groups is 2. The molecule has 160 valence electrons. The van der Waals surface area contributed by atoms with E-state index in [-0.39, 0.29) is 24.5 Å². The van der Waals surface area contributed by atoms with Crippen molar-refractivity contribution in [3.63, 3.8) is 0 Å². The van der Waals surface area contributed by atoms with Crippen LogP contribution in [0.3, 0.4) is 0 Å². The van der Waals surface area contributed by atoms with Crippen LogP contribution in [0, 0.1) is 11.7 Å². The molecule has 2 aromatic rings. The van der Waals surface area contributed by atoms with E-state index in [1.54, 1.807) is 24.3 Å². The fourth-order valence-corrected chi connectivity index (χ4v) is 4.56. The number of hydrogen-bond acceptors (Lipinski definition) is 6. The molecule has 1 amide bonds. The number of sulfonamides is 1. The van der Waals surface area contributed by atoms with Gasteiger partial charge in [0.2, 0.25) is 10.0 Å². The van der Waals surface area contributed by atoms with Crippen molar-refractivity contribution < 1.29 is 27.1 Å². The fourth-order valence-electron chi connectivity index (χ4n) is 3.12. The number of benzene rings is 1. The maximum Gasteiger partial charge on any atom is 0.309 e. The molecule has 0 atom stereocenters. The second-order valence-electron chi connectivity index (χ2n) is 6.84. The van der Waals surface area contributed by atoms with Gasteiger partial charge in [0, 0.05) is 37.6 Å². The number of halogens is 1. The van der Waals surface area contributed by atoms with Crippen LogP contribution in [0.25, 0.3) is 0 Å². The van der Waals surface area contributed by atoms with Crippen LogP contribution >= 0.6 is 0 Å². The highest BCUT2D eigenvalue weighted by Gasteiger charge is 2.33. The number of hydrogen-bond donors (Lipinski definition) is 1. The fraction of sp³-hybridized carbons (Fsp3) is 0.350. The monoisotopic (exact) mass is 435 g/mol. The van der Waals surface area contributed by atoms with E-state index in [4.69, 9.17) is 4.74 Å². The number of ether oxygens (including phenoxy) is 1. The molecule has 8 nitrogen and oxygen atoms in total. The molecule has 30 heavy (non-hydrogen) atoms. The highest BCUT2D eigenvalue weighted by atomic mass is 32.2. The zero-order valence-corrected chi connectivity index (χ0v) is 17.0. The van der Waals surface area contributed by atoms with Crippen molar-refractivity contribution >= 4 is 21.9 Å². The second-order valence-corrected chi connectivity index (χ2v) is 8.78. The van der Waals surface area contributed by atoms with Crippen molar-refractivity contribution in [2.24, 2.45) is 5.92 Å². The van der Waals surface area contributed by atoms with E-state index in [1.807, 2.05) is 0 Å². The quantitative estimate of drug-likeness (QED) is 0.661. The number of nitrogens with one attached hydrogen (secondary N) is 1. The van der Waals surface area contributed by atoms with E-state index >= 15 is 0 Å². The van der Waals surface area contributed by atoms with Crippen molar-refractivity contribution in [3.8, 4) is 0 Å². The summed E-state index contributed by atoms with van der Waals surface area (Å²) in [5.41, 5.74) is 0.333. The first-order valence-corrected chi connectivity index (χ1v) is 10.9. The van der Waals surface area contributed by atoms with E-state index < -0.39 is 40.2 Å². The molecule has 1 aliphatic rings. The van der Waals surface area contributed by atoms with E-state index in [0.717, 1.165) is 0 Å². The standard InChI is InChI=1S/C20H22FN3O5S/c21-18-6-2-1-4-16(18)12-23-19(25)14-29-20(26)15-7-10-24(11-8-15)30(27,28)17-5-3-9-22-13-17/h1-6,9,13,15H,7-8,10-12,14H2,(H,23,25). The molecular weight excluding hydrogens is 413 g/mol. The Labute approximate surface area is 174 Å². The maximum absolute atomic E-state index is 13.5. The van der Waals surface area contributed by atoms with Crippen molar-refractivity contribution in [1.82, 2.24) is 14.6 Å². The van der Waals surface area contributed by atoms with Gasteiger partial charge in [-0.2, -0.15) is 4.31 Å². The summed E-state index contributed by atoms with van der Waals surface area (Å²) in [7, 11) is -3.65. The predicted octanol–water partition coefficient (Wildman–Crippen LogP) is 1.48. The molecule has 2 heterocycles. The van der Waals surface area contributed by atoms with E-state index in [0.29, 0.717) is 18.4 Å². The Morgan fingerprint density at radius 2 is 1.90 bits per heavy atom. The third kappa shape index (κ3) is 5.39. The number of piperidine rings is 1. The average Bonchev–Trinajstić information content (AvgIpc) is 2.77. The van der Waals surface area contributed by atoms with Crippen LogP contribution in [0.4, 0.5) is 4.39 Å². The van der Waals surface area contributed by atoms with Gasteiger partial charge in [0.05, 0.1) is 5.92 Å². The summed E-state index contributed by atoms with van der Waals surface area (Å²) in [5.74, 6) is -2.00. The van der Waals surface area contributed by atoms with Gasteiger partial charge in [-0.1, -0.05) is 18.2 Å². The molecule has 0 aliphatic carbocycles. The van der Waals surface area contributed by atoms with E-state index in [9.17, 15) is 22.4 Å². The highest BCUT2D eigenvalue weighted by Crippen LogP contribution is 2.24. The number of esters is 1. The van der Waals surface area contributed by atoms with Gasteiger partial charge in [0.15, 0.2) is 6.61 Å². The number of pyridine rings is 1. The van der Waals surface area contributed by atoms with E-state index in [1.165, 1.54) is 28.8 Å². The van der Waals surface area contributed by atoms with E-state index in [2.05, 4.69) is 10.3 Å². The van der Waals surface area contributed by atoms with Gasteiger partial charge in [-0.05, 0) is 31.0 Å². The van der Waals surface area contributed by atoms with Crippen LogP contribution in [-0.4, -0.2) is 49.3 Å². The Bertz CT molecular complexity index is 993. The van der Waals surface area contributed by atoms with Crippen molar-refractivity contribution in [3.05, 3.63) is 60.2 Å². The predicted molar refractivity (Wildman–Crippen MR) is 105 cm³/mol. The van der Waals surface area contributed by atoms with Gasteiger partial charge >= 0.3 is 5.97 Å². The molecule has 1 aromatic heterocycles. The maximum atomic E-state index is 13.5. The first-order chi connectivity index (χ1) is 14.4. The zero-order chi connectivity index (χ0) is 21.6. The Morgan fingerprint density at radius 3 is 2.57 bits per heavy atom. The molecule has 1 aromatic carbocycles. The number of rotatable bonds is 7. The summed E-state index contributed by atoms with van der Waals surface area (Å²) in [6, 6.07) is 9.08. The van der Waals surface area contributed by atoms with Crippen molar-refractivity contribution in [2.45, 2.75) is 24.3 Å². The molecule has 10 heteroatoms. The molecule has 1 N–H and O–H groups in total. The smallest absolute Gasteiger partial charge is 0.309 e. The number of amides is 1. The minimum absolute atomic E-state index is 0.00630. The summed E-state index contributed by atoms with van der Waals surface area (Å²) >= 11 is 0. The third-order valence-corrected chi connectivity index (χ3v) is 6.72. The number of carbonyl (C=O) groups excluding carboxylic acids is 2. The normalized spacial score (nSPS) is 15.5. The molecule has 0 spiro atoms. The molecule has 0 saturated carbocycles.